The van der Waals surface area contributed by atoms with E-state index in [1.807, 2.05) is 5.38 Å². The molecule has 4 heteroatoms. The molecule has 0 radical (unpaired) electrons. The lowest BCUT2D eigenvalue weighted by Crippen LogP contribution is -2.45. The fraction of sp³-hybridized carbons (Fsp3) is 0.636. The summed E-state index contributed by atoms with van der Waals surface area (Å²) in [5, 5.41) is 12.4. The Bertz CT molecular complexity index is 412. The Balaban J connectivity index is 1.86. The van der Waals surface area contributed by atoms with Crippen molar-refractivity contribution in [3.05, 3.63) is 16.1 Å². The number of aromatic nitrogens is 1. The Morgan fingerprint density at radius 2 is 2.33 bits per heavy atom. The Morgan fingerprint density at radius 3 is 2.80 bits per heavy atom. The Labute approximate surface area is 92.7 Å². The van der Waals surface area contributed by atoms with Gasteiger partial charge >= 0.3 is 0 Å². The topological polar surface area (TPSA) is 45.9 Å². The van der Waals surface area contributed by atoms with E-state index >= 15 is 0 Å². The monoisotopic (exact) mass is 220 g/mol. The van der Waals surface area contributed by atoms with Gasteiger partial charge in [-0.2, -0.15) is 5.26 Å². The molecule has 78 valence electrons. The highest BCUT2D eigenvalue weighted by Crippen LogP contribution is 2.40. The van der Waals surface area contributed by atoms with E-state index in [-0.39, 0.29) is 0 Å². The summed E-state index contributed by atoms with van der Waals surface area (Å²) in [6.45, 7) is 1.02. The average molecular weight is 220 g/mol. The summed E-state index contributed by atoms with van der Waals surface area (Å²) in [5.74, 6) is 0.667. The van der Waals surface area contributed by atoms with Crippen LogP contribution < -0.4 is 0 Å². The fourth-order valence-corrected chi connectivity index (χ4v) is 3.02. The van der Waals surface area contributed by atoms with Crippen LogP contribution in [0.2, 0.25) is 0 Å². The minimum Gasteiger partial charge on any atom is -0.377 e. The van der Waals surface area contributed by atoms with Crippen LogP contribution in [0, 0.1) is 11.3 Å². The van der Waals surface area contributed by atoms with Crippen LogP contribution in [0.25, 0.3) is 0 Å². The summed E-state index contributed by atoms with van der Waals surface area (Å²) >= 11 is 1.71. The molecule has 1 aromatic rings. The molecule has 15 heavy (non-hydrogen) atoms. The highest BCUT2D eigenvalue weighted by Gasteiger charge is 2.43. The average Bonchev–Trinajstić information content (AvgIpc) is 2.50. The minimum absolute atomic E-state index is 0.432. The molecule has 1 aromatic heterocycles. The van der Waals surface area contributed by atoms with Gasteiger partial charge in [0.05, 0.1) is 30.0 Å². The first kappa shape index (κ1) is 9.32. The van der Waals surface area contributed by atoms with E-state index in [2.05, 4.69) is 11.1 Å². The zero-order valence-corrected chi connectivity index (χ0v) is 9.22. The number of thiazole rings is 1. The van der Waals surface area contributed by atoms with Crippen LogP contribution in [0.15, 0.2) is 5.38 Å². The normalized spacial score (nSPS) is 23.9. The van der Waals surface area contributed by atoms with Crippen molar-refractivity contribution in [2.45, 2.75) is 30.6 Å². The first-order valence-electron chi connectivity index (χ1n) is 5.29. The molecule has 0 N–H and O–H groups in total. The van der Waals surface area contributed by atoms with Gasteiger partial charge < -0.3 is 4.74 Å². The van der Waals surface area contributed by atoms with E-state index in [0.717, 1.165) is 5.69 Å². The number of nitrogens with zero attached hydrogens (tertiary/aromatic N) is 2. The van der Waals surface area contributed by atoms with Crippen LogP contribution in [0.5, 0.6) is 0 Å². The molecule has 0 atom stereocenters. The second kappa shape index (κ2) is 3.29. The minimum atomic E-state index is -0.432. The Hall–Kier alpha value is -0.920. The maximum absolute atomic E-state index is 9.14. The van der Waals surface area contributed by atoms with Crippen molar-refractivity contribution in [3.63, 3.8) is 0 Å². The summed E-state index contributed by atoms with van der Waals surface area (Å²) in [6, 6.07) is 2.34. The van der Waals surface area contributed by atoms with Gasteiger partial charge in [0.1, 0.15) is 5.41 Å². The molecule has 3 nitrogen and oxygen atoms in total. The van der Waals surface area contributed by atoms with Gasteiger partial charge in [0.25, 0.3) is 0 Å². The van der Waals surface area contributed by atoms with E-state index in [0.29, 0.717) is 19.1 Å². The highest BCUT2D eigenvalue weighted by atomic mass is 32.1. The molecule has 1 saturated heterocycles. The Morgan fingerprint density at radius 1 is 1.53 bits per heavy atom. The molecular formula is C11H12N2OS. The largest absolute Gasteiger partial charge is 0.377 e. The third kappa shape index (κ3) is 1.30. The molecule has 1 aliphatic heterocycles. The molecule has 3 rings (SSSR count). The Kier molecular flexibility index (Phi) is 2.04. The molecular weight excluding hydrogens is 208 g/mol. The van der Waals surface area contributed by atoms with Crippen molar-refractivity contribution in [2.24, 2.45) is 0 Å². The predicted octanol–water partition coefficient (Wildman–Crippen LogP) is 2.20. The van der Waals surface area contributed by atoms with Gasteiger partial charge in [-0.3, -0.25) is 0 Å². The van der Waals surface area contributed by atoms with Gasteiger partial charge in [0, 0.05) is 11.3 Å². The van der Waals surface area contributed by atoms with E-state index in [9.17, 15) is 0 Å². The molecule has 2 heterocycles. The van der Waals surface area contributed by atoms with Crippen molar-refractivity contribution >= 4 is 11.3 Å². The van der Waals surface area contributed by atoms with E-state index < -0.39 is 5.41 Å². The molecule has 2 aliphatic rings. The zero-order chi connectivity index (χ0) is 10.3. The van der Waals surface area contributed by atoms with Crippen molar-refractivity contribution in [2.75, 3.05) is 13.2 Å². The number of hydrogen-bond acceptors (Lipinski definition) is 4. The van der Waals surface area contributed by atoms with Crippen LogP contribution in [-0.4, -0.2) is 18.2 Å². The number of nitriles is 1. The van der Waals surface area contributed by atoms with E-state index in [4.69, 9.17) is 10.00 Å². The molecule has 0 bridgehead atoms. The summed E-state index contributed by atoms with van der Waals surface area (Å²) in [7, 11) is 0. The van der Waals surface area contributed by atoms with Crippen LogP contribution >= 0.6 is 11.3 Å². The van der Waals surface area contributed by atoms with Crippen LogP contribution in [0.3, 0.4) is 0 Å². The summed E-state index contributed by atoms with van der Waals surface area (Å²) in [6.07, 6.45) is 3.86. The lowest BCUT2D eigenvalue weighted by molar-refractivity contribution is -0.0316. The first-order chi connectivity index (χ1) is 7.34. The van der Waals surface area contributed by atoms with Crippen molar-refractivity contribution in [1.82, 2.24) is 4.98 Å². The first-order valence-corrected chi connectivity index (χ1v) is 6.17. The number of rotatable bonds is 2. The number of hydrogen-bond donors (Lipinski definition) is 0. The van der Waals surface area contributed by atoms with Crippen molar-refractivity contribution < 1.29 is 4.74 Å². The van der Waals surface area contributed by atoms with Gasteiger partial charge in [-0.1, -0.05) is 6.42 Å². The molecule has 0 amide bonds. The maximum atomic E-state index is 9.14. The van der Waals surface area contributed by atoms with Crippen LogP contribution in [0.1, 0.15) is 35.9 Å². The van der Waals surface area contributed by atoms with Crippen molar-refractivity contribution in [3.8, 4) is 6.07 Å². The van der Waals surface area contributed by atoms with Gasteiger partial charge in [-0.15, -0.1) is 11.3 Å². The van der Waals surface area contributed by atoms with Crippen LogP contribution in [0.4, 0.5) is 0 Å². The maximum Gasteiger partial charge on any atom is 0.146 e. The van der Waals surface area contributed by atoms with Gasteiger partial charge in [0.15, 0.2) is 0 Å². The summed E-state index contributed by atoms with van der Waals surface area (Å²) < 4.78 is 5.14. The zero-order valence-electron chi connectivity index (χ0n) is 8.40. The number of ether oxygens (including phenoxy) is 1. The second-order valence-corrected chi connectivity index (χ2v) is 5.28. The third-order valence-electron chi connectivity index (χ3n) is 3.38. The third-order valence-corrected chi connectivity index (χ3v) is 4.38. The quantitative estimate of drug-likeness (QED) is 0.767. The van der Waals surface area contributed by atoms with Crippen molar-refractivity contribution in [1.29, 1.82) is 5.26 Å². The molecule has 0 aromatic carbocycles. The van der Waals surface area contributed by atoms with Gasteiger partial charge in [-0.05, 0) is 12.8 Å². The summed E-state index contributed by atoms with van der Waals surface area (Å²) in [5.41, 5.74) is 0.501. The van der Waals surface area contributed by atoms with E-state index in [1.165, 1.54) is 24.3 Å². The molecule has 1 saturated carbocycles. The highest BCUT2D eigenvalue weighted by molar-refractivity contribution is 7.09. The summed E-state index contributed by atoms with van der Waals surface area (Å²) in [4.78, 5) is 4.61. The molecule has 2 fully saturated rings. The van der Waals surface area contributed by atoms with Crippen LogP contribution in [-0.2, 0) is 10.2 Å². The lowest BCUT2D eigenvalue weighted by atomic mass is 9.84. The molecule has 0 unspecified atom stereocenters. The molecule has 1 aliphatic carbocycles. The van der Waals surface area contributed by atoms with Gasteiger partial charge in [-0.25, -0.2) is 4.98 Å². The second-order valence-electron chi connectivity index (χ2n) is 4.39. The fourth-order valence-electron chi connectivity index (χ4n) is 1.93. The SMILES string of the molecule is N#CC1(c2csc(C3CCC3)n2)COC1. The molecule has 0 spiro atoms. The van der Waals surface area contributed by atoms with E-state index in [1.54, 1.807) is 11.3 Å². The smallest absolute Gasteiger partial charge is 0.146 e. The standard InChI is InChI=1S/C11H12N2OS/c12-5-11(6-14-7-11)9-4-15-10(13-9)8-2-1-3-8/h4,8H,1-3,6-7H2. The van der Waals surface area contributed by atoms with Gasteiger partial charge in [0.2, 0.25) is 0 Å². The predicted molar refractivity (Wildman–Crippen MR) is 56.8 cm³/mol. The lowest BCUT2D eigenvalue weighted by Gasteiger charge is -2.33.